The number of Topliss-reactive ketones (excluding diaryl/α,β-unsaturated/α-hetero) is 2. The van der Waals surface area contributed by atoms with Crippen molar-refractivity contribution in [3.8, 4) is 0 Å². The highest BCUT2D eigenvalue weighted by Crippen LogP contribution is 1.99. The van der Waals surface area contributed by atoms with Crippen LogP contribution in [0.3, 0.4) is 0 Å². The quantitative estimate of drug-likeness (QED) is 0.673. The Morgan fingerprint density at radius 1 is 1.06 bits per heavy atom. The van der Waals surface area contributed by atoms with Crippen LogP contribution in [-0.4, -0.2) is 31.6 Å². The molecule has 0 aromatic carbocycles. The van der Waals surface area contributed by atoms with E-state index in [9.17, 15) is 22.8 Å². The van der Waals surface area contributed by atoms with Crippen LogP contribution in [0.25, 0.3) is 0 Å². The molecule has 0 spiro atoms. The summed E-state index contributed by atoms with van der Waals surface area (Å²) >= 11 is 0. The molecule has 1 N–H and O–H groups in total. The summed E-state index contributed by atoms with van der Waals surface area (Å²) < 4.78 is 24.4. The van der Waals surface area contributed by atoms with Crippen LogP contribution in [0, 0.1) is 0 Å². The van der Waals surface area contributed by atoms with Gasteiger partial charge in [0.15, 0.2) is 0 Å². The summed E-state index contributed by atoms with van der Waals surface area (Å²) in [4.78, 5) is 32.7. The van der Waals surface area contributed by atoms with Gasteiger partial charge in [0.25, 0.3) is 0 Å². The second-order valence-electron chi connectivity index (χ2n) is 3.69. The van der Waals surface area contributed by atoms with E-state index in [-0.39, 0.29) is 37.2 Å². The van der Waals surface area contributed by atoms with Crippen molar-refractivity contribution in [2.75, 3.05) is 5.75 Å². The van der Waals surface area contributed by atoms with Gasteiger partial charge < -0.3 is 4.79 Å². The molecular weight excluding hydrogens is 246 g/mol. The van der Waals surface area contributed by atoms with Gasteiger partial charge in [0, 0.05) is 25.7 Å². The second kappa shape index (κ2) is 7.16. The molecule has 98 valence electrons. The molecule has 0 unspecified atom stereocenters. The second-order valence-corrected chi connectivity index (χ2v) is 5.53. The van der Waals surface area contributed by atoms with Crippen molar-refractivity contribution in [2.45, 2.75) is 39.5 Å². The molecule has 0 atom stereocenters. The van der Waals surface area contributed by atoms with E-state index in [1.54, 1.807) is 0 Å². The fourth-order valence-electron chi connectivity index (χ4n) is 0.985. The number of sulfonamides is 1. The zero-order valence-electron chi connectivity index (χ0n) is 9.99. The van der Waals surface area contributed by atoms with E-state index in [0.29, 0.717) is 0 Å². The average molecular weight is 263 g/mol. The fourth-order valence-corrected chi connectivity index (χ4v) is 2.07. The first kappa shape index (κ1) is 15.8. The minimum atomic E-state index is -3.73. The predicted octanol–water partition coefficient (Wildman–Crippen LogP) is 0.171. The molecule has 1 amide bonds. The number of hydrogen-bond donors (Lipinski definition) is 1. The minimum Gasteiger partial charge on any atom is -0.300 e. The van der Waals surface area contributed by atoms with Crippen LogP contribution in [0.5, 0.6) is 0 Å². The van der Waals surface area contributed by atoms with Crippen LogP contribution in [0.2, 0.25) is 0 Å². The Balaban J connectivity index is 4.05. The van der Waals surface area contributed by atoms with Crippen LogP contribution in [0.1, 0.15) is 39.5 Å². The van der Waals surface area contributed by atoms with Gasteiger partial charge in [0.05, 0.1) is 5.75 Å². The van der Waals surface area contributed by atoms with Crippen molar-refractivity contribution < 1.29 is 22.8 Å². The number of carbonyl (C=O) groups is 3. The van der Waals surface area contributed by atoms with Gasteiger partial charge in [-0.15, -0.1) is 0 Å². The van der Waals surface area contributed by atoms with Crippen molar-refractivity contribution >= 4 is 27.5 Å². The molecule has 17 heavy (non-hydrogen) atoms. The first-order valence-electron chi connectivity index (χ1n) is 5.31. The van der Waals surface area contributed by atoms with Gasteiger partial charge in [-0.2, -0.15) is 0 Å². The molecule has 0 aliphatic carbocycles. The Hall–Kier alpha value is -1.24. The maximum absolute atomic E-state index is 11.3. The predicted molar refractivity (Wildman–Crippen MR) is 61.8 cm³/mol. The number of carbonyl (C=O) groups excluding carboxylic acids is 3. The minimum absolute atomic E-state index is 0.0482. The third kappa shape index (κ3) is 8.56. The molecule has 0 bridgehead atoms. The lowest BCUT2D eigenvalue weighted by molar-refractivity contribution is -0.123. The third-order valence-electron chi connectivity index (χ3n) is 2.00. The van der Waals surface area contributed by atoms with Gasteiger partial charge in [-0.3, -0.25) is 14.3 Å². The van der Waals surface area contributed by atoms with Crippen LogP contribution in [0.4, 0.5) is 0 Å². The molecule has 0 saturated heterocycles. The summed E-state index contributed by atoms with van der Waals surface area (Å²) in [6.45, 7) is 2.90. The third-order valence-corrected chi connectivity index (χ3v) is 3.28. The molecule has 7 heteroatoms. The van der Waals surface area contributed by atoms with Crippen LogP contribution in [0.15, 0.2) is 0 Å². The van der Waals surface area contributed by atoms with Gasteiger partial charge in [-0.1, -0.05) is 6.92 Å². The van der Waals surface area contributed by atoms with Crippen molar-refractivity contribution in [3.05, 3.63) is 0 Å². The summed E-state index contributed by atoms with van der Waals surface area (Å²) in [7, 11) is -3.73. The number of hydrogen-bond acceptors (Lipinski definition) is 5. The van der Waals surface area contributed by atoms with Gasteiger partial charge in [-0.05, 0) is 6.92 Å². The number of rotatable bonds is 8. The summed E-state index contributed by atoms with van der Waals surface area (Å²) in [6.07, 6.45) is 0.0594. The van der Waals surface area contributed by atoms with Gasteiger partial charge >= 0.3 is 0 Å². The lowest BCUT2D eigenvalue weighted by Gasteiger charge is -2.04. The zero-order valence-corrected chi connectivity index (χ0v) is 10.8. The standard InChI is InChI=1S/C10H17NO5S/c1-3-10(14)11-17(15,16)7-6-9(13)5-4-8(2)12/h3-7H2,1-2H3,(H,11,14). The normalized spacial score (nSPS) is 10.9. The summed E-state index contributed by atoms with van der Waals surface area (Å²) in [5.74, 6) is -1.42. The van der Waals surface area contributed by atoms with E-state index in [4.69, 9.17) is 0 Å². The summed E-state index contributed by atoms with van der Waals surface area (Å²) in [6, 6.07) is 0. The van der Waals surface area contributed by atoms with E-state index in [0.717, 1.165) is 0 Å². The smallest absolute Gasteiger partial charge is 0.235 e. The summed E-state index contributed by atoms with van der Waals surface area (Å²) in [5, 5.41) is 0. The van der Waals surface area contributed by atoms with Crippen LogP contribution >= 0.6 is 0 Å². The number of ketones is 2. The maximum atomic E-state index is 11.3. The molecule has 0 aromatic heterocycles. The SMILES string of the molecule is CCC(=O)NS(=O)(=O)CCC(=O)CCC(C)=O. The van der Waals surface area contributed by atoms with Crippen molar-refractivity contribution in [3.63, 3.8) is 0 Å². The Kier molecular flexibility index (Phi) is 6.64. The van der Waals surface area contributed by atoms with E-state index >= 15 is 0 Å². The Morgan fingerprint density at radius 2 is 1.65 bits per heavy atom. The van der Waals surface area contributed by atoms with Gasteiger partial charge in [0.1, 0.15) is 11.6 Å². The number of nitrogens with one attached hydrogen (secondary N) is 1. The molecule has 0 fully saturated rings. The Labute approximate surface area is 101 Å². The molecule has 0 aromatic rings. The Morgan fingerprint density at radius 3 is 2.12 bits per heavy atom. The molecule has 0 heterocycles. The molecule has 0 radical (unpaired) electrons. The highest BCUT2D eigenvalue weighted by Gasteiger charge is 2.15. The van der Waals surface area contributed by atoms with Crippen LogP contribution < -0.4 is 4.72 Å². The lowest BCUT2D eigenvalue weighted by Crippen LogP contribution is -2.32. The first-order chi connectivity index (χ1) is 7.76. The summed E-state index contributed by atoms with van der Waals surface area (Å²) in [5.41, 5.74) is 0. The Bertz CT molecular complexity index is 399. The highest BCUT2D eigenvalue weighted by molar-refractivity contribution is 7.90. The largest absolute Gasteiger partial charge is 0.300 e. The molecule has 0 aliphatic rings. The van der Waals surface area contributed by atoms with Crippen LogP contribution in [-0.2, 0) is 24.4 Å². The topological polar surface area (TPSA) is 97.4 Å². The van der Waals surface area contributed by atoms with E-state index in [1.165, 1.54) is 13.8 Å². The van der Waals surface area contributed by atoms with Crippen molar-refractivity contribution in [2.24, 2.45) is 0 Å². The van der Waals surface area contributed by atoms with E-state index in [2.05, 4.69) is 0 Å². The lowest BCUT2D eigenvalue weighted by atomic mass is 10.1. The molecule has 0 rings (SSSR count). The maximum Gasteiger partial charge on any atom is 0.235 e. The molecular formula is C10H17NO5S. The zero-order chi connectivity index (χ0) is 13.5. The van der Waals surface area contributed by atoms with E-state index < -0.39 is 21.7 Å². The van der Waals surface area contributed by atoms with E-state index in [1.807, 2.05) is 4.72 Å². The van der Waals surface area contributed by atoms with Crippen molar-refractivity contribution in [1.82, 2.24) is 4.72 Å². The fraction of sp³-hybridized carbons (Fsp3) is 0.700. The first-order valence-corrected chi connectivity index (χ1v) is 6.96. The van der Waals surface area contributed by atoms with Crippen molar-refractivity contribution in [1.29, 1.82) is 0 Å². The molecule has 0 aliphatic heterocycles. The van der Waals surface area contributed by atoms with Gasteiger partial charge in [0.2, 0.25) is 15.9 Å². The highest BCUT2D eigenvalue weighted by atomic mass is 32.2. The average Bonchev–Trinajstić information content (AvgIpc) is 2.22. The molecule has 0 saturated carbocycles. The van der Waals surface area contributed by atoms with Gasteiger partial charge in [-0.25, -0.2) is 8.42 Å². The monoisotopic (exact) mass is 263 g/mol. The number of amides is 1. The molecule has 6 nitrogen and oxygen atoms in total.